The lowest BCUT2D eigenvalue weighted by Gasteiger charge is -2.15. The van der Waals surface area contributed by atoms with Crippen molar-refractivity contribution in [2.75, 3.05) is 6.61 Å². The van der Waals surface area contributed by atoms with Gasteiger partial charge in [-0.15, -0.1) is 0 Å². The Morgan fingerprint density at radius 2 is 1.68 bits per heavy atom. The van der Waals surface area contributed by atoms with Gasteiger partial charge in [0.1, 0.15) is 0 Å². The van der Waals surface area contributed by atoms with E-state index in [1.54, 1.807) is 6.07 Å². The third kappa shape index (κ3) is 3.96. The van der Waals surface area contributed by atoms with E-state index in [0.717, 1.165) is 22.0 Å². The van der Waals surface area contributed by atoms with E-state index < -0.39 is 0 Å². The van der Waals surface area contributed by atoms with Gasteiger partial charge < -0.3 is 5.11 Å². The SMILES string of the molecule is OCC(Cc1ccc(Cl)c(Cl)c1)c1ccc(Br)cc1. The van der Waals surface area contributed by atoms with Gasteiger partial charge in [0.15, 0.2) is 0 Å². The van der Waals surface area contributed by atoms with Crippen LogP contribution in [0.2, 0.25) is 10.0 Å². The van der Waals surface area contributed by atoms with Gasteiger partial charge in [0, 0.05) is 10.4 Å². The molecule has 2 rings (SSSR count). The smallest absolute Gasteiger partial charge is 0.0595 e. The molecule has 4 heteroatoms. The lowest BCUT2D eigenvalue weighted by Crippen LogP contribution is -2.07. The Bertz CT molecular complexity index is 555. The molecule has 1 atom stereocenters. The summed E-state index contributed by atoms with van der Waals surface area (Å²) in [5.41, 5.74) is 2.17. The molecule has 100 valence electrons. The third-order valence-corrected chi connectivity index (χ3v) is 4.30. The normalized spacial score (nSPS) is 12.4. The van der Waals surface area contributed by atoms with Gasteiger partial charge in [-0.1, -0.05) is 57.3 Å². The van der Waals surface area contributed by atoms with Gasteiger partial charge in [-0.2, -0.15) is 0 Å². The number of halogens is 3. The summed E-state index contributed by atoms with van der Waals surface area (Å²) in [6, 6.07) is 13.6. The highest BCUT2D eigenvalue weighted by molar-refractivity contribution is 9.10. The molecule has 2 aromatic rings. The van der Waals surface area contributed by atoms with Gasteiger partial charge in [-0.25, -0.2) is 0 Å². The van der Waals surface area contributed by atoms with Gasteiger partial charge in [0.25, 0.3) is 0 Å². The molecule has 0 bridgehead atoms. The summed E-state index contributed by atoms with van der Waals surface area (Å²) < 4.78 is 1.03. The summed E-state index contributed by atoms with van der Waals surface area (Å²) in [5, 5.41) is 10.7. The lowest BCUT2D eigenvalue weighted by molar-refractivity contribution is 0.264. The zero-order valence-electron chi connectivity index (χ0n) is 10.1. The van der Waals surface area contributed by atoms with E-state index in [0.29, 0.717) is 10.0 Å². The van der Waals surface area contributed by atoms with Crippen LogP contribution in [0.25, 0.3) is 0 Å². The van der Waals surface area contributed by atoms with Crippen molar-refractivity contribution in [2.45, 2.75) is 12.3 Å². The number of aliphatic hydroxyl groups is 1. The van der Waals surface area contributed by atoms with Crippen LogP contribution in [-0.4, -0.2) is 11.7 Å². The van der Waals surface area contributed by atoms with Gasteiger partial charge in [0.2, 0.25) is 0 Å². The Labute approximate surface area is 131 Å². The topological polar surface area (TPSA) is 20.2 Å². The zero-order valence-corrected chi connectivity index (χ0v) is 13.2. The molecule has 2 aromatic carbocycles. The molecule has 0 aromatic heterocycles. The minimum Gasteiger partial charge on any atom is -0.396 e. The zero-order chi connectivity index (χ0) is 13.8. The molecule has 19 heavy (non-hydrogen) atoms. The molecule has 0 aliphatic carbocycles. The van der Waals surface area contributed by atoms with Crippen LogP contribution in [0.3, 0.4) is 0 Å². The molecule has 0 fully saturated rings. The molecular weight excluding hydrogens is 347 g/mol. The first-order valence-corrected chi connectivity index (χ1v) is 7.45. The third-order valence-electron chi connectivity index (χ3n) is 3.03. The van der Waals surface area contributed by atoms with Gasteiger partial charge >= 0.3 is 0 Å². The van der Waals surface area contributed by atoms with Crippen LogP contribution < -0.4 is 0 Å². The average molecular weight is 360 g/mol. The van der Waals surface area contributed by atoms with Crippen LogP contribution in [0.1, 0.15) is 17.0 Å². The number of rotatable bonds is 4. The molecule has 1 nitrogen and oxygen atoms in total. The number of hydrogen-bond donors (Lipinski definition) is 1. The molecule has 0 radical (unpaired) electrons. The number of benzene rings is 2. The molecule has 0 aliphatic heterocycles. The van der Waals surface area contributed by atoms with Gasteiger partial charge in [0.05, 0.1) is 16.7 Å². The van der Waals surface area contributed by atoms with Crippen molar-refractivity contribution < 1.29 is 5.11 Å². The van der Waals surface area contributed by atoms with Crippen LogP contribution in [0, 0.1) is 0 Å². The summed E-state index contributed by atoms with van der Waals surface area (Å²) in [4.78, 5) is 0. The highest BCUT2D eigenvalue weighted by Gasteiger charge is 2.12. The monoisotopic (exact) mass is 358 g/mol. The van der Waals surface area contributed by atoms with Crippen molar-refractivity contribution in [3.8, 4) is 0 Å². The van der Waals surface area contributed by atoms with E-state index in [9.17, 15) is 5.11 Å². The Morgan fingerprint density at radius 3 is 2.26 bits per heavy atom. The molecule has 0 saturated carbocycles. The second-order valence-corrected chi connectivity index (χ2v) is 6.11. The fraction of sp³-hybridized carbons (Fsp3) is 0.200. The first-order chi connectivity index (χ1) is 9.10. The van der Waals surface area contributed by atoms with E-state index in [-0.39, 0.29) is 12.5 Å². The summed E-state index contributed by atoms with van der Waals surface area (Å²) in [6.07, 6.45) is 0.731. The fourth-order valence-electron chi connectivity index (χ4n) is 1.97. The highest BCUT2D eigenvalue weighted by Crippen LogP contribution is 2.27. The minimum absolute atomic E-state index is 0.0605. The van der Waals surface area contributed by atoms with E-state index in [4.69, 9.17) is 23.2 Å². The van der Waals surface area contributed by atoms with Crippen molar-refractivity contribution in [3.05, 3.63) is 68.1 Å². The Balaban J connectivity index is 2.18. The summed E-state index contributed by atoms with van der Waals surface area (Å²) >= 11 is 15.3. The Kier molecular flexibility index (Phi) is 5.28. The highest BCUT2D eigenvalue weighted by atomic mass is 79.9. The molecule has 0 heterocycles. The van der Waals surface area contributed by atoms with E-state index in [1.807, 2.05) is 36.4 Å². The van der Waals surface area contributed by atoms with Crippen molar-refractivity contribution in [1.82, 2.24) is 0 Å². The maximum Gasteiger partial charge on any atom is 0.0595 e. The maximum absolute atomic E-state index is 9.56. The Hall–Kier alpha value is -0.540. The largest absolute Gasteiger partial charge is 0.396 e. The number of hydrogen-bond acceptors (Lipinski definition) is 1. The van der Waals surface area contributed by atoms with Gasteiger partial charge in [-0.3, -0.25) is 0 Å². The maximum atomic E-state index is 9.56. The molecule has 0 saturated heterocycles. The summed E-state index contributed by atoms with van der Waals surface area (Å²) in [7, 11) is 0. The molecule has 1 N–H and O–H groups in total. The van der Waals surface area contributed by atoms with Crippen molar-refractivity contribution in [3.63, 3.8) is 0 Å². The minimum atomic E-state index is 0.0605. The second kappa shape index (κ2) is 6.76. The lowest BCUT2D eigenvalue weighted by atomic mass is 9.93. The first kappa shape index (κ1) is 14.9. The molecule has 0 aliphatic rings. The van der Waals surface area contributed by atoms with E-state index in [2.05, 4.69) is 15.9 Å². The van der Waals surface area contributed by atoms with Crippen LogP contribution in [-0.2, 0) is 6.42 Å². The van der Waals surface area contributed by atoms with Crippen LogP contribution in [0.4, 0.5) is 0 Å². The standard InChI is InChI=1S/C15H13BrCl2O/c16-13-4-2-11(3-5-13)12(9-19)7-10-1-6-14(17)15(18)8-10/h1-6,8,12,19H,7,9H2. The predicted molar refractivity (Wildman–Crippen MR) is 84.1 cm³/mol. The molecular formula is C15H13BrCl2O. The fourth-order valence-corrected chi connectivity index (χ4v) is 2.56. The van der Waals surface area contributed by atoms with E-state index in [1.165, 1.54) is 0 Å². The molecule has 0 amide bonds. The van der Waals surface area contributed by atoms with Crippen LogP contribution in [0.15, 0.2) is 46.9 Å². The molecule has 0 spiro atoms. The predicted octanol–water partition coefficient (Wildman–Crippen LogP) is 5.07. The van der Waals surface area contributed by atoms with Crippen molar-refractivity contribution in [2.24, 2.45) is 0 Å². The Morgan fingerprint density at radius 1 is 1.00 bits per heavy atom. The first-order valence-electron chi connectivity index (χ1n) is 5.90. The average Bonchev–Trinajstić information content (AvgIpc) is 2.41. The van der Waals surface area contributed by atoms with Crippen molar-refractivity contribution >= 4 is 39.1 Å². The number of aliphatic hydroxyl groups excluding tert-OH is 1. The van der Waals surface area contributed by atoms with Crippen LogP contribution in [0.5, 0.6) is 0 Å². The molecule has 1 unspecified atom stereocenters. The summed E-state index contributed by atoms with van der Waals surface area (Å²) in [6.45, 7) is 0.0991. The van der Waals surface area contributed by atoms with E-state index >= 15 is 0 Å². The van der Waals surface area contributed by atoms with Gasteiger partial charge in [-0.05, 0) is 41.8 Å². The van der Waals surface area contributed by atoms with Crippen LogP contribution >= 0.6 is 39.1 Å². The van der Waals surface area contributed by atoms with Crippen molar-refractivity contribution in [1.29, 1.82) is 0 Å². The second-order valence-electron chi connectivity index (χ2n) is 4.38. The summed E-state index contributed by atoms with van der Waals surface area (Å²) in [5.74, 6) is 0.0605. The quantitative estimate of drug-likeness (QED) is 0.807.